The predicted octanol–water partition coefficient (Wildman–Crippen LogP) is 2.62. The fourth-order valence-electron chi connectivity index (χ4n) is 2.39. The number of unbranched alkanes of at least 4 members (excludes halogenated alkanes) is 1. The van der Waals surface area contributed by atoms with Gasteiger partial charge >= 0.3 is 0 Å². The average Bonchev–Trinajstić information content (AvgIpc) is 2.80. The number of hydrogen-bond acceptors (Lipinski definition) is 4. The Balaban J connectivity index is 2.44. The van der Waals surface area contributed by atoms with Gasteiger partial charge in [-0.05, 0) is 25.5 Å². The van der Waals surface area contributed by atoms with Crippen LogP contribution in [-0.4, -0.2) is 23.8 Å². The van der Waals surface area contributed by atoms with Crippen molar-refractivity contribution in [2.75, 3.05) is 7.05 Å². The lowest BCUT2D eigenvalue weighted by Gasteiger charge is -2.35. The van der Waals surface area contributed by atoms with Crippen LogP contribution >= 0.6 is 11.3 Å². The third-order valence-corrected chi connectivity index (χ3v) is 4.83. The van der Waals surface area contributed by atoms with Crippen LogP contribution in [0.4, 0.5) is 0 Å². The van der Waals surface area contributed by atoms with Gasteiger partial charge in [0.1, 0.15) is 5.54 Å². The van der Waals surface area contributed by atoms with E-state index < -0.39 is 5.54 Å². The second-order valence-corrected chi connectivity index (χ2v) is 6.43. The molecule has 1 atom stereocenters. The largest absolute Gasteiger partial charge is 0.369 e. The van der Waals surface area contributed by atoms with Gasteiger partial charge in [0, 0.05) is 16.8 Å². The Morgan fingerprint density at radius 2 is 2.26 bits per heavy atom. The van der Waals surface area contributed by atoms with Gasteiger partial charge in [0.05, 0.1) is 6.42 Å². The Morgan fingerprint density at radius 1 is 1.53 bits per heavy atom. The molecule has 1 aromatic heterocycles. The molecule has 0 saturated carbocycles. The number of guanidine groups is 1. The maximum atomic E-state index is 12.1. The molecule has 0 fully saturated rings. The highest BCUT2D eigenvalue weighted by atomic mass is 32.1. The van der Waals surface area contributed by atoms with Crippen LogP contribution in [0.5, 0.6) is 0 Å². The lowest BCUT2D eigenvalue weighted by molar-refractivity contribution is -0.128. The van der Waals surface area contributed by atoms with Crippen molar-refractivity contribution in [3.05, 3.63) is 21.9 Å². The molecule has 1 aromatic rings. The fraction of sp³-hybridized carbons (Fsp3) is 0.571. The summed E-state index contributed by atoms with van der Waals surface area (Å²) in [5.41, 5.74) is 5.48. The number of aryl methyl sites for hydroxylation is 1. The molecule has 0 unspecified atom stereocenters. The van der Waals surface area contributed by atoms with E-state index in [9.17, 15) is 4.79 Å². The molecule has 2 rings (SSSR count). The topological polar surface area (TPSA) is 58.7 Å². The molecule has 5 heteroatoms. The maximum Gasteiger partial charge on any atom is 0.231 e. The zero-order chi connectivity index (χ0) is 14.0. The van der Waals surface area contributed by atoms with Gasteiger partial charge in [0.25, 0.3) is 0 Å². The molecule has 0 spiro atoms. The number of carbonyl (C=O) groups excluding carboxylic acids is 1. The average molecular weight is 279 g/mol. The Hall–Kier alpha value is -1.36. The van der Waals surface area contributed by atoms with Crippen LogP contribution in [0, 0.1) is 6.92 Å². The van der Waals surface area contributed by atoms with Gasteiger partial charge in [0.15, 0.2) is 5.96 Å². The van der Waals surface area contributed by atoms with Gasteiger partial charge in [-0.15, -0.1) is 11.3 Å². The van der Waals surface area contributed by atoms with Crippen LogP contribution in [-0.2, 0) is 10.3 Å². The number of nitrogens with two attached hydrogens (primary N) is 1. The van der Waals surface area contributed by atoms with Crippen LogP contribution in [0.25, 0.3) is 0 Å². The number of aliphatic imine (C=N–C) groups is 1. The van der Waals surface area contributed by atoms with Crippen LogP contribution < -0.4 is 5.73 Å². The molecular formula is C14H21N3OS. The third kappa shape index (κ3) is 2.66. The van der Waals surface area contributed by atoms with E-state index >= 15 is 0 Å². The van der Waals surface area contributed by atoms with E-state index in [1.54, 1.807) is 18.4 Å². The molecule has 1 aliphatic rings. The highest BCUT2D eigenvalue weighted by Gasteiger charge is 2.40. The van der Waals surface area contributed by atoms with Gasteiger partial charge in [-0.2, -0.15) is 0 Å². The number of nitrogens with zero attached hydrogens (tertiary/aromatic N) is 2. The highest BCUT2D eigenvalue weighted by molar-refractivity contribution is 7.12. The normalized spacial score (nSPS) is 23.6. The molecule has 2 N–H and O–H groups in total. The number of hydrogen-bond donors (Lipinski definition) is 1. The Morgan fingerprint density at radius 3 is 2.79 bits per heavy atom. The SMILES string of the molecule is CCCC[C@@]1(c2ccc(C)s2)CC(=O)N(C)C(N)=N1. The summed E-state index contributed by atoms with van der Waals surface area (Å²) < 4.78 is 0. The number of carbonyl (C=O) groups is 1. The molecule has 0 bridgehead atoms. The van der Waals surface area contributed by atoms with E-state index in [0.29, 0.717) is 12.4 Å². The molecule has 0 radical (unpaired) electrons. The van der Waals surface area contributed by atoms with Crippen LogP contribution in [0.2, 0.25) is 0 Å². The minimum atomic E-state index is -0.442. The zero-order valence-electron chi connectivity index (χ0n) is 11.8. The van der Waals surface area contributed by atoms with E-state index in [0.717, 1.165) is 24.1 Å². The minimum absolute atomic E-state index is 0.0506. The standard InChI is InChI=1S/C14H21N3OS/c1-4-5-8-14(11-7-6-10(2)19-11)9-12(18)17(3)13(15)16-14/h6-7H,4-5,8-9H2,1-3H3,(H2,15,16)/t14-/m0/s1. The van der Waals surface area contributed by atoms with Crippen LogP contribution in [0.1, 0.15) is 42.4 Å². The summed E-state index contributed by atoms with van der Waals surface area (Å²) in [6.45, 7) is 4.22. The summed E-state index contributed by atoms with van der Waals surface area (Å²) in [4.78, 5) is 20.7. The molecule has 2 heterocycles. The van der Waals surface area contributed by atoms with E-state index in [4.69, 9.17) is 5.73 Å². The Labute approximate surface area is 118 Å². The summed E-state index contributed by atoms with van der Waals surface area (Å²) in [7, 11) is 1.69. The van der Waals surface area contributed by atoms with Gasteiger partial charge in [-0.25, -0.2) is 4.99 Å². The van der Waals surface area contributed by atoms with Crippen LogP contribution in [0.15, 0.2) is 17.1 Å². The molecule has 1 amide bonds. The number of amides is 1. The molecule has 1 aliphatic heterocycles. The Kier molecular flexibility index (Phi) is 3.94. The smallest absolute Gasteiger partial charge is 0.231 e. The summed E-state index contributed by atoms with van der Waals surface area (Å²) in [6.07, 6.45) is 3.43. The highest BCUT2D eigenvalue weighted by Crippen LogP contribution is 2.41. The first-order chi connectivity index (χ1) is 8.98. The van der Waals surface area contributed by atoms with E-state index in [1.165, 1.54) is 9.78 Å². The van der Waals surface area contributed by atoms with Crippen molar-refractivity contribution in [3.8, 4) is 0 Å². The second kappa shape index (κ2) is 5.33. The first-order valence-electron chi connectivity index (χ1n) is 6.67. The van der Waals surface area contributed by atoms with Crippen molar-refractivity contribution in [1.29, 1.82) is 0 Å². The number of thiophene rings is 1. The molecule has 19 heavy (non-hydrogen) atoms. The summed E-state index contributed by atoms with van der Waals surface area (Å²) >= 11 is 1.72. The summed E-state index contributed by atoms with van der Waals surface area (Å²) in [6, 6.07) is 4.17. The first kappa shape index (κ1) is 14.1. The van der Waals surface area contributed by atoms with Gasteiger partial charge in [-0.1, -0.05) is 19.8 Å². The van der Waals surface area contributed by atoms with Crippen molar-refractivity contribution >= 4 is 23.2 Å². The van der Waals surface area contributed by atoms with E-state index in [2.05, 4.69) is 31.0 Å². The third-order valence-electron chi connectivity index (χ3n) is 3.63. The molecule has 0 aromatic carbocycles. The monoisotopic (exact) mass is 279 g/mol. The lowest BCUT2D eigenvalue weighted by atomic mass is 9.86. The first-order valence-corrected chi connectivity index (χ1v) is 7.49. The van der Waals surface area contributed by atoms with Crippen molar-refractivity contribution in [2.45, 2.75) is 45.1 Å². The fourth-order valence-corrected chi connectivity index (χ4v) is 3.42. The predicted molar refractivity (Wildman–Crippen MR) is 79.3 cm³/mol. The van der Waals surface area contributed by atoms with Crippen molar-refractivity contribution in [1.82, 2.24) is 4.90 Å². The molecule has 104 valence electrons. The van der Waals surface area contributed by atoms with E-state index in [-0.39, 0.29) is 5.91 Å². The molecule has 0 aliphatic carbocycles. The minimum Gasteiger partial charge on any atom is -0.369 e. The van der Waals surface area contributed by atoms with E-state index in [1.807, 2.05) is 0 Å². The molecule has 0 saturated heterocycles. The lowest BCUT2D eigenvalue weighted by Crippen LogP contribution is -2.48. The van der Waals surface area contributed by atoms with Gasteiger partial charge < -0.3 is 5.73 Å². The van der Waals surface area contributed by atoms with Crippen molar-refractivity contribution < 1.29 is 4.79 Å². The van der Waals surface area contributed by atoms with Crippen molar-refractivity contribution in [3.63, 3.8) is 0 Å². The summed E-state index contributed by atoms with van der Waals surface area (Å²) in [5, 5.41) is 0. The summed E-state index contributed by atoms with van der Waals surface area (Å²) in [5.74, 6) is 0.382. The van der Waals surface area contributed by atoms with Gasteiger partial charge in [0.2, 0.25) is 5.91 Å². The quantitative estimate of drug-likeness (QED) is 0.921. The maximum absolute atomic E-state index is 12.1. The Bertz CT molecular complexity index is 509. The van der Waals surface area contributed by atoms with Crippen molar-refractivity contribution in [2.24, 2.45) is 10.7 Å². The zero-order valence-corrected chi connectivity index (χ0v) is 12.6. The molecular weight excluding hydrogens is 258 g/mol. The van der Waals surface area contributed by atoms with Crippen LogP contribution in [0.3, 0.4) is 0 Å². The molecule has 4 nitrogen and oxygen atoms in total. The second-order valence-electron chi connectivity index (χ2n) is 5.14. The number of rotatable bonds is 4. The van der Waals surface area contributed by atoms with Gasteiger partial charge in [-0.3, -0.25) is 9.69 Å².